The predicted molar refractivity (Wildman–Crippen MR) is 147 cm³/mol. The van der Waals surface area contributed by atoms with Gasteiger partial charge in [-0.1, -0.05) is 23.7 Å². The normalized spacial score (nSPS) is 17.3. The number of carbonyl (C=O) groups is 1. The molecule has 3 heterocycles. The molecule has 6 nitrogen and oxygen atoms in total. The molecular formula is C29H32ClF4N5O. The molecule has 1 aromatic heterocycles. The molecule has 5 rings (SSSR count). The van der Waals surface area contributed by atoms with Crippen molar-refractivity contribution in [1.29, 1.82) is 0 Å². The number of hydrogen-bond donors (Lipinski definition) is 1. The van der Waals surface area contributed by atoms with E-state index in [0.717, 1.165) is 70.3 Å². The first-order valence-electron chi connectivity index (χ1n) is 13.3. The topological polar surface area (TPSA) is 51.7 Å². The quantitative estimate of drug-likeness (QED) is 0.389. The van der Waals surface area contributed by atoms with Gasteiger partial charge in [0.2, 0.25) is 0 Å². The number of halogens is 5. The minimum atomic E-state index is -0.968. The highest BCUT2D eigenvalue weighted by atomic mass is 35.5. The van der Waals surface area contributed by atoms with Crippen molar-refractivity contribution in [1.82, 2.24) is 20.1 Å². The van der Waals surface area contributed by atoms with Crippen LogP contribution in [-0.2, 0) is 13.1 Å². The Balaban J connectivity index is 0.00000387. The van der Waals surface area contributed by atoms with E-state index < -0.39 is 29.2 Å². The van der Waals surface area contributed by atoms with Gasteiger partial charge in [0.1, 0.15) is 17.5 Å². The molecule has 0 spiro atoms. The second kappa shape index (κ2) is 12.5. The first kappa shape index (κ1) is 28.3. The fourth-order valence-corrected chi connectivity index (χ4v) is 5.64. The van der Waals surface area contributed by atoms with Crippen LogP contribution in [0.3, 0.4) is 0 Å². The van der Waals surface area contributed by atoms with Gasteiger partial charge in [0.15, 0.2) is 11.6 Å². The van der Waals surface area contributed by atoms with Crippen molar-refractivity contribution in [2.45, 2.75) is 32.0 Å². The average Bonchev–Trinajstić information content (AvgIpc) is 2.95. The molecule has 2 aliphatic rings. The molecule has 0 unspecified atom stereocenters. The van der Waals surface area contributed by atoms with E-state index in [1.54, 1.807) is 6.07 Å². The van der Waals surface area contributed by atoms with E-state index in [1.165, 1.54) is 24.4 Å². The summed E-state index contributed by atoms with van der Waals surface area (Å²) in [6, 6.07) is 9.23. The summed E-state index contributed by atoms with van der Waals surface area (Å²) in [6.45, 7) is 5.43. The second-order valence-electron chi connectivity index (χ2n) is 10.2. The van der Waals surface area contributed by atoms with Gasteiger partial charge in [0.25, 0.3) is 5.91 Å². The average molecular weight is 578 g/mol. The highest BCUT2D eigenvalue weighted by molar-refractivity contribution is 6.33. The monoisotopic (exact) mass is 577 g/mol. The summed E-state index contributed by atoms with van der Waals surface area (Å²) in [4.78, 5) is 23.8. The Morgan fingerprint density at radius 2 is 1.68 bits per heavy atom. The maximum Gasteiger partial charge on any atom is 0.253 e. The summed E-state index contributed by atoms with van der Waals surface area (Å²) in [6.07, 6.45) is 3.43. The van der Waals surface area contributed by atoms with E-state index in [-0.39, 0.29) is 13.5 Å². The Morgan fingerprint density at radius 3 is 2.35 bits per heavy atom. The molecule has 214 valence electrons. The fourth-order valence-electron chi connectivity index (χ4n) is 5.35. The molecule has 1 amide bonds. The van der Waals surface area contributed by atoms with Gasteiger partial charge >= 0.3 is 0 Å². The molecule has 0 aliphatic carbocycles. The summed E-state index contributed by atoms with van der Waals surface area (Å²) in [7, 11) is 0. The Kier molecular flexibility index (Phi) is 8.87. The summed E-state index contributed by atoms with van der Waals surface area (Å²) >= 11 is 6.51. The van der Waals surface area contributed by atoms with Gasteiger partial charge in [-0.05, 0) is 55.8 Å². The van der Waals surface area contributed by atoms with Crippen molar-refractivity contribution < 1.29 is 23.8 Å². The van der Waals surface area contributed by atoms with Gasteiger partial charge in [-0.15, -0.1) is 0 Å². The number of benzene rings is 2. The van der Waals surface area contributed by atoms with Crippen molar-refractivity contribution >= 4 is 23.3 Å². The molecule has 0 bridgehead atoms. The zero-order valence-corrected chi connectivity index (χ0v) is 22.6. The maximum absolute atomic E-state index is 14.0. The molecule has 0 saturated carbocycles. The van der Waals surface area contributed by atoms with E-state index in [9.17, 15) is 22.4 Å². The number of anilines is 1. The number of carbonyl (C=O) groups excluding carboxylic acids is 1. The van der Waals surface area contributed by atoms with Gasteiger partial charge in [0.05, 0.1) is 10.6 Å². The third kappa shape index (κ3) is 6.74. The van der Waals surface area contributed by atoms with E-state index >= 15 is 0 Å². The summed E-state index contributed by atoms with van der Waals surface area (Å²) in [5.74, 6) is -2.76. The highest BCUT2D eigenvalue weighted by Crippen LogP contribution is 2.27. The lowest BCUT2D eigenvalue weighted by Crippen LogP contribution is -2.53. The zero-order chi connectivity index (χ0) is 28.2. The van der Waals surface area contributed by atoms with Crippen molar-refractivity contribution in [2.24, 2.45) is 0 Å². The number of piperidine rings is 1. The molecule has 11 heteroatoms. The van der Waals surface area contributed by atoms with Gasteiger partial charge in [-0.3, -0.25) is 14.6 Å². The van der Waals surface area contributed by atoms with E-state index in [1.807, 2.05) is 0 Å². The van der Waals surface area contributed by atoms with Crippen LogP contribution in [0, 0.1) is 23.3 Å². The molecule has 3 aromatic rings. The Labute approximate surface area is 237 Å². The van der Waals surface area contributed by atoms with Crippen LogP contribution in [0.25, 0.3) is 0 Å². The molecule has 1 N–H and O–H groups in total. The lowest BCUT2D eigenvalue weighted by molar-refractivity contribution is 0.0950. The summed E-state index contributed by atoms with van der Waals surface area (Å²) in [5, 5.41) is 3.04. The number of piperazine rings is 1. The van der Waals surface area contributed by atoms with Gasteiger partial charge < -0.3 is 10.2 Å². The Morgan fingerprint density at radius 1 is 0.925 bits per heavy atom. The lowest BCUT2D eigenvalue weighted by atomic mass is 10.0. The third-order valence-electron chi connectivity index (χ3n) is 7.62. The van der Waals surface area contributed by atoms with Crippen molar-refractivity contribution in [2.75, 3.05) is 44.2 Å². The number of nitrogens with one attached hydrogen (secondary N) is 1. The van der Waals surface area contributed by atoms with E-state index in [0.29, 0.717) is 34.6 Å². The standard InChI is InChI=1S/C29H30ClF4N5O.H2/c30-24-14-21(29(40)36-16-19-1-4-25(32)27(34)13-19)17-35-28(24)39-11-9-38(10-12-39)23-5-7-37(8-6-23)18-20-2-3-22(31)15-26(20)33;/h1-4,13-15,17,23H,5-12,16,18H2,(H,36,40);1H. The van der Waals surface area contributed by atoms with E-state index in [2.05, 4.69) is 25.0 Å². The fraction of sp³-hybridized carbons (Fsp3) is 0.379. The number of hydrogen-bond acceptors (Lipinski definition) is 5. The van der Waals surface area contributed by atoms with Crippen molar-refractivity contribution in [3.63, 3.8) is 0 Å². The maximum atomic E-state index is 14.0. The van der Waals surface area contributed by atoms with E-state index in [4.69, 9.17) is 11.6 Å². The second-order valence-corrected chi connectivity index (χ2v) is 10.6. The highest BCUT2D eigenvalue weighted by Gasteiger charge is 2.29. The van der Waals surface area contributed by atoms with Gasteiger partial charge in [-0.2, -0.15) is 0 Å². The molecule has 2 fully saturated rings. The van der Waals surface area contributed by atoms with Gasteiger partial charge in [0, 0.05) is 64.6 Å². The number of likely N-dealkylation sites (tertiary alicyclic amines) is 1. The predicted octanol–water partition coefficient (Wildman–Crippen LogP) is 5.25. The van der Waals surface area contributed by atoms with Crippen molar-refractivity contribution in [3.05, 3.63) is 93.6 Å². The van der Waals surface area contributed by atoms with Crippen LogP contribution in [0.5, 0.6) is 0 Å². The van der Waals surface area contributed by atoms with Crippen LogP contribution in [-0.4, -0.2) is 66.0 Å². The third-order valence-corrected chi connectivity index (χ3v) is 7.90. The van der Waals surface area contributed by atoms with Crippen LogP contribution in [0.4, 0.5) is 23.4 Å². The van der Waals surface area contributed by atoms with Crippen LogP contribution in [0.1, 0.15) is 35.8 Å². The van der Waals surface area contributed by atoms with Crippen LogP contribution >= 0.6 is 11.6 Å². The Hall–Kier alpha value is -3.21. The number of rotatable bonds is 7. The summed E-state index contributed by atoms with van der Waals surface area (Å²) < 4.78 is 53.7. The number of aromatic nitrogens is 1. The minimum absolute atomic E-state index is 0. The SMILES string of the molecule is O=C(NCc1ccc(F)c(F)c1)c1cnc(N2CCN(C3CCN(Cc4ccc(F)cc4F)CC3)CC2)c(Cl)c1.[HH]. The Bertz CT molecular complexity index is 1370. The number of amides is 1. The minimum Gasteiger partial charge on any atom is -0.353 e. The number of pyridine rings is 1. The number of nitrogens with zero attached hydrogens (tertiary/aromatic N) is 4. The molecule has 40 heavy (non-hydrogen) atoms. The molecule has 2 aromatic carbocycles. The van der Waals surface area contributed by atoms with Gasteiger partial charge in [-0.25, -0.2) is 22.5 Å². The van der Waals surface area contributed by atoms with Crippen LogP contribution < -0.4 is 10.2 Å². The van der Waals surface area contributed by atoms with Crippen molar-refractivity contribution in [3.8, 4) is 0 Å². The van der Waals surface area contributed by atoms with Crippen LogP contribution in [0.2, 0.25) is 5.02 Å². The first-order chi connectivity index (χ1) is 19.3. The molecule has 0 radical (unpaired) electrons. The molecular weight excluding hydrogens is 546 g/mol. The summed E-state index contributed by atoms with van der Waals surface area (Å²) in [5.41, 5.74) is 1.24. The largest absolute Gasteiger partial charge is 0.353 e. The molecule has 2 aliphatic heterocycles. The molecule has 2 saturated heterocycles. The molecule has 0 atom stereocenters. The van der Waals surface area contributed by atoms with Crippen LogP contribution in [0.15, 0.2) is 48.7 Å². The first-order valence-corrected chi connectivity index (χ1v) is 13.7. The lowest BCUT2D eigenvalue weighted by Gasteiger charge is -2.43. The zero-order valence-electron chi connectivity index (χ0n) is 21.9. The smallest absolute Gasteiger partial charge is 0.253 e.